The molecule has 0 saturated heterocycles. The second-order valence-corrected chi connectivity index (χ2v) is 1.47. The molecule has 0 aliphatic heterocycles. The minimum Gasteiger partial charge on any atom is -0.759 e. The zero-order valence-electron chi connectivity index (χ0n) is 5.75. The van der Waals surface area contributed by atoms with Crippen molar-refractivity contribution in [3.05, 3.63) is 0 Å². The molecule has 0 saturated carbocycles. The number of alkyl halides is 3. The summed E-state index contributed by atoms with van der Waals surface area (Å²) in [6.07, 6.45) is 0. The van der Waals surface area contributed by atoms with Crippen LogP contribution in [0.25, 0.3) is 0 Å². The van der Waals surface area contributed by atoms with Gasteiger partial charge in [-0.25, -0.2) is 0 Å². The Bertz CT molecular complexity index is 135. The Morgan fingerprint density at radius 3 is 1.00 bits per heavy atom. The minimum absolute atomic E-state index is 0. The molecule has 0 aliphatic carbocycles. The molecule has 0 unspecified atom stereocenters. The number of rotatable bonds is 0. The first-order valence-corrected chi connectivity index (χ1v) is 2.65. The minimum atomic E-state index is -5.17. The van der Waals surface area contributed by atoms with Crippen molar-refractivity contribution in [3.8, 4) is 0 Å². The second kappa shape index (κ2) is 12.9. The summed E-state index contributed by atoms with van der Waals surface area (Å²) >= 11 is 0. The van der Waals surface area contributed by atoms with Crippen LogP contribution in [0.4, 0.5) is 13.2 Å². The third kappa shape index (κ3) is 180. The fourth-order valence-electron chi connectivity index (χ4n) is 0. The van der Waals surface area contributed by atoms with Crippen LogP contribution in [0.3, 0.4) is 0 Å². The van der Waals surface area contributed by atoms with Gasteiger partial charge in [0.2, 0.25) is 0 Å². The summed E-state index contributed by atoms with van der Waals surface area (Å²) in [4.78, 5) is 0. The van der Waals surface area contributed by atoms with Gasteiger partial charge in [-0.15, -0.1) is 0 Å². The van der Waals surface area contributed by atoms with Crippen LogP contribution < -0.4 is 103 Å². The summed E-state index contributed by atoms with van der Waals surface area (Å²) in [5.74, 6) is 0. The summed E-state index contributed by atoms with van der Waals surface area (Å²) in [5.41, 5.74) is 0. The predicted molar refractivity (Wildman–Crippen MR) is 17.6 cm³/mol. The fraction of sp³-hybridized carbons (Fsp3) is 1.00. The van der Waals surface area contributed by atoms with E-state index in [1.807, 2.05) is 0 Å². The van der Waals surface area contributed by atoms with Crippen molar-refractivity contribution >= 4 is 10.4 Å². The van der Waals surface area contributed by atoms with Gasteiger partial charge >= 0.3 is 109 Å². The van der Waals surface area contributed by atoms with Crippen molar-refractivity contribution in [1.82, 2.24) is 0 Å². The van der Waals surface area contributed by atoms with Crippen molar-refractivity contribution in [2.45, 2.75) is 6.68 Å². The van der Waals surface area contributed by atoms with Gasteiger partial charge in [0.1, 0.15) is 0 Å². The maximum absolute atomic E-state index is 9.67. The van der Waals surface area contributed by atoms with E-state index in [1.54, 1.807) is 0 Å². The van der Waals surface area contributed by atoms with Crippen LogP contribution in [-0.2, 0) is 10.4 Å². The van der Waals surface area contributed by atoms with E-state index in [-0.39, 0.29) is 103 Å². The molecule has 0 amide bonds. The molecule has 0 N–H and O–H groups in total. The second-order valence-electron chi connectivity index (χ2n) is 0.656. The fourth-order valence-corrected chi connectivity index (χ4v) is 0. The normalized spacial score (nSPS) is 8.55. The van der Waals surface area contributed by atoms with Crippen molar-refractivity contribution in [3.63, 3.8) is 0 Å². The Kier molecular flexibility index (Phi) is 27.8. The van der Waals surface area contributed by atoms with E-state index < -0.39 is 17.1 Å². The van der Waals surface area contributed by atoms with Gasteiger partial charge in [0, 0.05) is 10.4 Å². The Morgan fingerprint density at radius 2 is 1.00 bits per heavy atom. The number of hydrogen-bond acceptors (Lipinski definition) is 4. The Hall–Kier alpha value is 2.93. The molecule has 0 aromatic carbocycles. The van der Waals surface area contributed by atoms with E-state index in [0.717, 1.165) is 0 Å². The quantitative estimate of drug-likeness (QED) is 0.241. The molecule has 10 heteroatoms. The van der Waals surface area contributed by atoms with Crippen LogP contribution in [0.1, 0.15) is 0 Å². The van der Waals surface area contributed by atoms with Gasteiger partial charge in [0.25, 0.3) is 0 Å². The van der Waals surface area contributed by atoms with Crippen molar-refractivity contribution in [2.24, 2.45) is 0 Å². The molecule has 0 fully saturated rings. The van der Waals surface area contributed by atoms with E-state index in [4.69, 9.17) is 17.5 Å². The van der Waals surface area contributed by atoms with Gasteiger partial charge in [-0.2, -0.15) is 13.2 Å². The SMILES string of the molecule is FC(F)F.O=S(=O)([O-])[O-].[K+].[K+]. The van der Waals surface area contributed by atoms with Crippen molar-refractivity contribution < 1.29 is 133 Å². The van der Waals surface area contributed by atoms with Crippen LogP contribution >= 0.6 is 0 Å². The summed E-state index contributed by atoms with van der Waals surface area (Å²) in [6, 6.07) is 0. The predicted octanol–water partition coefficient (Wildman–Crippen LogP) is -6.15. The molecule has 58 valence electrons. The van der Waals surface area contributed by atoms with E-state index in [0.29, 0.717) is 0 Å². The molecule has 0 heterocycles. The Labute approximate surface area is 147 Å². The number of halogens is 3. The van der Waals surface area contributed by atoms with Crippen LogP contribution in [-0.4, -0.2) is 24.2 Å². The van der Waals surface area contributed by atoms with Crippen LogP contribution in [0, 0.1) is 0 Å². The first-order chi connectivity index (χ1) is 3.73. The molecule has 0 aliphatic rings. The van der Waals surface area contributed by atoms with Crippen molar-refractivity contribution in [2.75, 3.05) is 0 Å². The molecule has 4 nitrogen and oxygen atoms in total. The summed E-state index contributed by atoms with van der Waals surface area (Å²) in [5, 5.41) is 0. The van der Waals surface area contributed by atoms with E-state index >= 15 is 0 Å². The van der Waals surface area contributed by atoms with Gasteiger partial charge in [-0.1, -0.05) is 0 Å². The van der Waals surface area contributed by atoms with Gasteiger partial charge in [-0.3, -0.25) is 8.42 Å². The first kappa shape index (κ1) is 23.6. The molecule has 0 bridgehead atoms. The Balaban J connectivity index is -0.0000000383. The average Bonchev–Trinajstić information content (AvgIpc) is 1.19. The van der Waals surface area contributed by atoms with Crippen LogP contribution in [0.5, 0.6) is 0 Å². The topological polar surface area (TPSA) is 80.3 Å². The van der Waals surface area contributed by atoms with Crippen LogP contribution in [0.15, 0.2) is 0 Å². The molecule has 0 aromatic rings. The average molecular weight is 244 g/mol. The van der Waals surface area contributed by atoms with Crippen LogP contribution in [0.2, 0.25) is 0 Å². The summed E-state index contributed by atoms with van der Waals surface area (Å²) < 4.78 is 63.1. The van der Waals surface area contributed by atoms with Crippen molar-refractivity contribution in [1.29, 1.82) is 0 Å². The van der Waals surface area contributed by atoms with Gasteiger partial charge in [0.05, 0.1) is 0 Å². The molecule has 0 atom stereocenters. The van der Waals surface area contributed by atoms with E-state index in [1.165, 1.54) is 0 Å². The molecule has 11 heavy (non-hydrogen) atoms. The largest absolute Gasteiger partial charge is 1.00 e. The maximum Gasteiger partial charge on any atom is 1.00 e. The summed E-state index contributed by atoms with van der Waals surface area (Å²) in [6.45, 7) is -3.67. The molecular weight excluding hydrogens is 243 g/mol. The standard InChI is InChI=1S/CHF3.2K.H2O4S/c2-1(3)4;;;1-5(2,3)4/h1H;;;(H2,1,2,3,4)/q;2*+1;/p-2. The molecule has 0 rings (SSSR count). The van der Waals surface area contributed by atoms with Gasteiger partial charge in [0.15, 0.2) is 0 Å². The first-order valence-electron chi connectivity index (χ1n) is 1.32. The third-order valence-corrected chi connectivity index (χ3v) is 0. The molecule has 0 spiro atoms. The Morgan fingerprint density at radius 1 is 1.00 bits per heavy atom. The van der Waals surface area contributed by atoms with Gasteiger partial charge in [-0.05, 0) is 0 Å². The molecular formula is CHF3K2O4S. The zero-order valence-corrected chi connectivity index (χ0v) is 12.8. The van der Waals surface area contributed by atoms with E-state index in [2.05, 4.69) is 0 Å². The van der Waals surface area contributed by atoms with Gasteiger partial charge < -0.3 is 9.11 Å². The molecule has 0 radical (unpaired) electrons. The number of hydrogen-bond donors (Lipinski definition) is 0. The summed E-state index contributed by atoms with van der Waals surface area (Å²) in [7, 11) is -5.17. The zero-order chi connectivity index (χ0) is 8.08. The van der Waals surface area contributed by atoms with E-state index in [9.17, 15) is 13.2 Å². The monoisotopic (exact) mass is 244 g/mol. The third-order valence-electron chi connectivity index (χ3n) is 0. The smallest absolute Gasteiger partial charge is 0.759 e. The molecule has 0 aromatic heterocycles. The maximum atomic E-state index is 9.67.